The van der Waals surface area contributed by atoms with Crippen LogP contribution in [0.2, 0.25) is 0 Å². The molecule has 0 unspecified atom stereocenters. The minimum absolute atomic E-state index is 0.00856. The Kier molecular flexibility index (Phi) is 12.3. The molecule has 0 aromatic heterocycles. The maximum Gasteiger partial charge on any atom is 0.296 e. The zero-order valence-corrected chi connectivity index (χ0v) is 41.2. The molecule has 3 aliphatic rings. The van der Waals surface area contributed by atoms with Crippen molar-refractivity contribution in [3.05, 3.63) is 105 Å². The van der Waals surface area contributed by atoms with Crippen molar-refractivity contribution in [2.24, 2.45) is 4.99 Å². The molecule has 16 nitrogen and oxygen atoms in total. The summed E-state index contributed by atoms with van der Waals surface area (Å²) in [6, 6.07) is 16.0. The number of nitrogens with one attached hydrogen (secondary N) is 3. The summed E-state index contributed by atoms with van der Waals surface area (Å²) in [5, 5.41) is 6.73. The first-order valence-electron chi connectivity index (χ1n) is 20.7. The van der Waals surface area contributed by atoms with Crippen molar-refractivity contribution in [2.45, 2.75) is 119 Å². The maximum atomic E-state index is 14.7. The van der Waals surface area contributed by atoms with Gasteiger partial charge in [0.1, 0.15) is 26.0 Å². The van der Waals surface area contributed by atoms with Gasteiger partial charge in [-0.3, -0.25) is 13.7 Å². The lowest BCUT2D eigenvalue weighted by Crippen LogP contribution is -2.62. The van der Waals surface area contributed by atoms with E-state index in [1.54, 1.807) is 70.2 Å². The molecule has 0 amide bonds. The lowest BCUT2D eigenvalue weighted by atomic mass is 9.80. The predicted molar refractivity (Wildman–Crippen MR) is 252 cm³/mol. The van der Waals surface area contributed by atoms with Crippen LogP contribution in [0.25, 0.3) is 33.4 Å². The average molecular weight is 981 g/mol. The average Bonchev–Trinajstić information content (AvgIpc) is 3.13. The highest BCUT2D eigenvalue weighted by molar-refractivity contribution is 7.89. The number of benzene rings is 5. The van der Waals surface area contributed by atoms with Gasteiger partial charge in [0.05, 0.1) is 15.9 Å². The third kappa shape index (κ3) is 9.56. The van der Waals surface area contributed by atoms with Crippen molar-refractivity contribution in [1.29, 1.82) is 0 Å². The van der Waals surface area contributed by atoms with Gasteiger partial charge in [-0.2, -0.15) is 25.3 Å². The van der Waals surface area contributed by atoms with E-state index in [4.69, 9.17) is 4.42 Å². The number of nitrogens with zero attached hydrogens (tertiary/aromatic N) is 1. The van der Waals surface area contributed by atoms with Crippen LogP contribution in [0, 0.1) is 41.5 Å². The quantitative estimate of drug-likeness (QED) is 0.0557. The smallest absolute Gasteiger partial charge is 0.296 e. The van der Waals surface area contributed by atoms with Gasteiger partial charge in [0, 0.05) is 62.7 Å². The molecule has 4 aromatic rings. The van der Waals surface area contributed by atoms with Gasteiger partial charge in [-0.05, 0) is 140 Å². The molecule has 0 spiro atoms. The van der Waals surface area contributed by atoms with Crippen LogP contribution in [0.4, 0.5) is 17.1 Å². The summed E-state index contributed by atoms with van der Waals surface area (Å²) in [5.41, 5.74) is 2.39. The number of hydrogen-bond acceptors (Lipinski definition) is 12. The van der Waals surface area contributed by atoms with Gasteiger partial charge in [0.15, 0.2) is 0 Å². The second-order valence-electron chi connectivity index (χ2n) is 18.4. The van der Waals surface area contributed by atoms with Crippen LogP contribution in [-0.4, -0.2) is 64.4 Å². The summed E-state index contributed by atoms with van der Waals surface area (Å²) in [5.74, 6) is -0.0309. The van der Waals surface area contributed by atoms with Gasteiger partial charge in [-0.15, -0.1) is 0 Å². The number of sulfonamides is 1. The van der Waals surface area contributed by atoms with E-state index in [1.165, 1.54) is 32.0 Å². The summed E-state index contributed by atoms with van der Waals surface area (Å²) >= 11 is 0. The van der Waals surface area contributed by atoms with Crippen molar-refractivity contribution in [3.63, 3.8) is 0 Å². The fraction of sp³-hybridized carbons (Fsp3) is 0.326. The number of hydrogen-bond donors (Lipinski definition) is 6. The topological polar surface area (TPSA) is 259 Å². The van der Waals surface area contributed by atoms with Crippen LogP contribution >= 0.6 is 0 Å². The Balaban J connectivity index is 1.55. The number of fused-ring (bicyclic) bond motifs is 2. The van der Waals surface area contributed by atoms with Crippen LogP contribution in [0.3, 0.4) is 0 Å². The number of anilines is 2. The summed E-state index contributed by atoms with van der Waals surface area (Å²) < 4.78 is 146. The normalized spacial score (nSPS) is 16.3. The van der Waals surface area contributed by atoms with E-state index in [0.717, 1.165) is 6.07 Å². The standard InChI is InChI=1S/C46H52N4O12S4/c1-24-17-26(3)43(65(56,57)58)28(5)41(24)47-30-15-16-32-36(19-30)62-37-21-35(48-42-25(2)18-27(4)44(29(42)6)66(59,60)61)39(64(53,54)55)20-34(37)40(32)33-13-11-12-14-38(33)63(51,52)49-31-22-45(7,8)50-46(9,10)23-31/h11-21,31,47,49-50H,22-23H2,1-10H3,(H,53,54,55)(H,56,57,58)(H,59,60,61)/b48-35+. The summed E-state index contributed by atoms with van der Waals surface area (Å²) in [6.07, 6.45) is 0.954. The molecule has 1 fully saturated rings. The maximum absolute atomic E-state index is 14.7. The molecular weight excluding hydrogens is 929 g/mol. The van der Waals surface area contributed by atoms with Gasteiger partial charge in [0.25, 0.3) is 30.4 Å². The van der Waals surface area contributed by atoms with Gasteiger partial charge < -0.3 is 15.1 Å². The van der Waals surface area contributed by atoms with Crippen LogP contribution in [0.5, 0.6) is 0 Å². The molecule has 2 heterocycles. The summed E-state index contributed by atoms with van der Waals surface area (Å²) in [6.45, 7) is 17.4. The predicted octanol–water partition coefficient (Wildman–Crippen LogP) is 8.36. The molecule has 1 saturated heterocycles. The fourth-order valence-corrected chi connectivity index (χ4v) is 13.9. The van der Waals surface area contributed by atoms with Crippen molar-refractivity contribution in [2.75, 3.05) is 5.32 Å². The monoisotopic (exact) mass is 980 g/mol. The van der Waals surface area contributed by atoms with Crippen molar-refractivity contribution in [1.82, 2.24) is 10.0 Å². The molecule has 1 aliphatic carbocycles. The lowest BCUT2D eigenvalue weighted by molar-refractivity contribution is 0.157. The van der Waals surface area contributed by atoms with Crippen LogP contribution in [-0.2, 0) is 40.4 Å². The lowest BCUT2D eigenvalue weighted by Gasteiger charge is -2.46. The molecule has 0 saturated carbocycles. The first kappa shape index (κ1) is 48.9. The molecule has 2 aliphatic heterocycles. The Morgan fingerprint density at radius 3 is 1.82 bits per heavy atom. The van der Waals surface area contributed by atoms with E-state index in [2.05, 4.69) is 20.3 Å². The van der Waals surface area contributed by atoms with Gasteiger partial charge in [-0.25, -0.2) is 18.1 Å². The Hall–Kier alpha value is -5.03. The first-order valence-corrected chi connectivity index (χ1v) is 26.5. The second kappa shape index (κ2) is 16.6. The minimum Gasteiger partial charge on any atom is -0.456 e. The van der Waals surface area contributed by atoms with E-state index in [1.807, 2.05) is 27.7 Å². The number of rotatable bonds is 10. The van der Waals surface area contributed by atoms with E-state index in [9.17, 15) is 47.3 Å². The van der Waals surface area contributed by atoms with E-state index in [-0.39, 0.29) is 65.6 Å². The van der Waals surface area contributed by atoms with E-state index in [0.29, 0.717) is 46.3 Å². The first-order chi connectivity index (χ1) is 30.3. The Morgan fingerprint density at radius 2 is 1.23 bits per heavy atom. The zero-order chi connectivity index (χ0) is 48.9. The zero-order valence-electron chi connectivity index (χ0n) is 37.9. The van der Waals surface area contributed by atoms with Crippen LogP contribution < -0.4 is 20.7 Å². The van der Waals surface area contributed by atoms with Gasteiger partial charge >= 0.3 is 0 Å². The minimum atomic E-state index is -5.13. The van der Waals surface area contributed by atoms with Gasteiger partial charge in [0.2, 0.25) is 10.0 Å². The third-order valence-corrected chi connectivity index (χ3v) is 16.6. The van der Waals surface area contributed by atoms with Crippen LogP contribution in [0.1, 0.15) is 73.9 Å². The Morgan fingerprint density at radius 1 is 0.652 bits per heavy atom. The van der Waals surface area contributed by atoms with E-state index < -0.39 is 67.3 Å². The van der Waals surface area contributed by atoms with Crippen molar-refractivity contribution in [3.8, 4) is 22.5 Å². The molecule has 0 radical (unpaired) electrons. The van der Waals surface area contributed by atoms with Crippen molar-refractivity contribution >= 4 is 68.4 Å². The fourth-order valence-electron chi connectivity index (χ4n) is 9.91. The Labute approximate surface area is 385 Å². The summed E-state index contributed by atoms with van der Waals surface area (Å²) in [7, 11) is -18.8. The molecule has 0 atom stereocenters. The van der Waals surface area contributed by atoms with Crippen LogP contribution in [0.15, 0.2) is 95.7 Å². The molecule has 0 bridgehead atoms. The molecular formula is C46H52N4O12S4. The highest BCUT2D eigenvalue weighted by Crippen LogP contribution is 2.45. The third-order valence-electron chi connectivity index (χ3n) is 11.8. The molecule has 66 heavy (non-hydrogen) atoms. The Bertz CT molecular complexity index is 3510. The molecule has 20 heteroatoms. The number of aryl methyl sites for hydroxylation is 4. The molecule has 352 valence electrons. The van der Waals surface area contributed by atoms with Gasteiger partial charge in [-0.1, -0.05) is 30.3 Å². The summed E-state index contributed by atoms with van der Waals surface area (Å²) in [4.78, 5) is 3.03. The highest BCUT2D eigenvalue weighted by Gasteiger charge is 2.40. The molecule has 6 N–H and O–H groups in total. The number of piperidine rings is 1. The largest absolute Gasteiger partial charge is 0.456 e. The van der Waals surface area contributed by atoms with E-state index >= 15 is 0 Å². The molecule has 4 aromatic carbocycles. The highest BCUT2D eigenvalue weighted by atomic mass is 32.2. The molecule has 7 rings (SSSR count). The van der Waals surface area contributed by atoms with Crippen molar-refractivity contribution < 1.29 is 51.7 Å². The SMILES string of the molecule is Cc1cc(C)c(S(=O)(=O)O)c(C)c1/N=c1\cc2oc3cc(Nc4c(C)cc(C)c(S(=O)(=O)O)c4C)ccc3c(-c3ccccc3S(=O)(=O)NC3CC(C)(C)NC(C)(C)C3)c-2cc1S(=O)(=O)O. The second-order valence-corrected chi connectivity index (χ2v) is 24.2.